The predicted octanol–water partition coefficient (Wildman–Crippen LogP) is 2.64. The highest BCUT2D eigenvalue weighted by molar-refractivity contribution is 7.86. The average Bonchev–Trinajstić information content (AvgIpc) is 2.97. The van der Waals surface area contributed by atoms with E-state index in [0.29, 0.717) is 0 Å². The summed E-state index contributed by atoms with van der Waals surface area (Å²) < 4.78 is 40.7. The lowest BCUT2D eigenvalue weighted by atomic mass is 10.2. The van der Waals surface area contributed by atoms with Crippen molar-refractivity contribution in [3.05, 3.63) is 29.8 Å². The number of carbonyl (C=O) groups is 2. The SMILES string of the molecule is CCOC(=O)[C@@H]1C[C@H](OS(=O)(=O)c2ccc(C)cc2)CN1C(=O)OC(C)(C)C. The second kappa shape index (κ2) is 8.48. The molecule has 0 aromatic heterocycles. The van der Waals surface area contributed by atoms with Crippen molar-refractivity contribution < 1.29 is 31.7 Å². The number of ether oxygens (including phenoxy) is 2. The third-order valence-electron chi connectivity index (χ3n) is 4.02. The van der Waals surface area contributed by atoms with Gasteiger partial charge in [-0.05, 0) is 46.8 Å². The molecule has 0 spiro atoms. The number of carbonyl (C=O) groups excluding carboxylic acids is 2. The van der Waals surface area contributed by atoms with Gasteiger partial charge >= 0.3 is 12.1 Å². The first-order chi connectivity index (χ1) is 12.9. The van der Waals surface area contributed by atoms with E-state index < -0.39 is 39.9 Å². The molecule has 156 valence electrons. The lowest BCUT2D eigenvalue weighted by Crippen LogP contribution is -2.44. The minimum Gasteiger partial charge on any atom is -0.464 e. The van der Waals surface area contributed by atoms with Crippen LogP contribution in [0.3, 0.4) is 0 Å². The van der Waals surface area contributed by atoms with E-state index >= 15 is 0 Å². The summed E-state index contributed by atoms with van der Waals surface area (Å²) in [6, 6.07) is 5.27. The fourth-order valence-corrected chi connectivity index (χ4v) is 3.87. The zero-order chi connectivity index (χ0) is 21.1. The zero-order valence-corrected chi connectivity index (χ0v) is 17.6. The van der Waals surface area contributed by atoms with Crippen LogP contribution in [-0.4, -0.2) is 56.3 Å². The molecule has 1 aliphatic rings. The van der Waals surface area contributed by atoms with Crippen molar-refractivity contribution in [1.82, 2.24) is 4.90 Å². The number of nitrogens with zero attached hydrogens (tertiary/aromatic N) is 1. The molecule has 1 heterocycles. The van der Waals surface area contributed by atoms with Crippen molar-refractivity contribution in [3.63, 3.8) is 0 Å². The fourth-order valence-electron chi connectivity index (χ4n) is 2.79. The summed E-state index contributed by atoms with van der Waals surface area (Å²) in [7, 11) is -4.04. The maximum absolute atomic E-state index is 12.5. The molecule has 0 aliphatic carbocycles. The minimum absolute atomic E-state index is 0.00314. The second-order valence-electron chi connectivity index (χ2n) is 7.62. The van der Waals surface area contributed by atoms with E-state index in [4.69, 9.17) is 13.7 Å². The molecule has 1 aliphatic heterocycles. The summed E-state index contributed by atoms with van der Waals surface area (Å²) in [5.74, 6) is -0.618. The number of rotatable bonds is 5. The number of hydrogen-bond donors (Lipinski definition) is 0. The molecular weight excluding hydrogens is 386 g/mol. The van der Waals surface area contributed by atoms with E-state index in [1.165, 1.54) is 17.0 Å². The van der Waals surface area contributed by atoms with Crippen molar-refractivity contribution in [2.24, 2.45) is 0 Å². The van der Waals surface area contributed by atoms with Crippen LogP contribution in [0, 0.1) is 6.92 Å². The highest BCUT2D eigenvalue weighted by Crippen LogP contribution is 2.27. The Balaban J connectivity index is 2.19. The number of benzene rings is 1. The normalized spacial score (nSPS) is 20.1. The Labute approximate surface area is 165 Å². The maximum Gasteiger partial charge on any atom is 0.411 e. The van der Waals surface area contributed by atoms with Crippen LogP contribution >= 0.6 is 0 Å². The Bertz CT molecular complexity index is 812. The molecule has 9 heteroatoms. The summed E-state index contributed by atoms with van der Waals surface area (Å²) in [5.41, 5.74) is 0.154. The number of aryl methyl sites for hydroxylation is 1. The van der Waals surface area contributed by atoms with Crippen LogP contribution in [0.4, 0.5) is 4.79 Å². The molecule has 2 atom stereocenters. The quantitative estimate of drug-likeness (QED) is 0.540. The van der Waals surface area contributed by atoms with Crippen molar-refractivity contribution >= 4 is 22.2 Å². The van der Waals surface area contributed by atoms with E-state index in [-0.39, 0.29) is 24.5 Å². The highest BCUT2D eigenvalue weighted by Gasteiger charge is 2.44. The molecule has 1 amide bonds. The number of esters is 1. The van der Waals surface area contributed by atoms with Crippen LogP contribution in [0.2, 0.25) is 0 Å². The van der Waals surface area contributed by atoms with Gasteiger partial charge in [0.2, 0.25) is 0 Å². The molecular formula is C19H27NO7S. The topological polar surface area (TPSA) is 99.2 Å². The molecule has 1 aromatic carbocycles. The van der Waals surface area contributed by atoms with E-state index in [9.17, 15) is 18.0 Å². The molecule has 2 rings (SSSR count). The Morgan fingerprint density at radius 2 is 1.79 bits per heavy atom. The van der Waals surface area contributed by atoms with Gasteiger partial charge in [0.05, 0.1) is 24.2 Å². The first-order valence-electron chi connectivity index (χ1n) is 9.09. The largest absolute Gasteiger partial charge is 0.464 e. The Morgan fingerprint density at radius 1 is 1.18 bits per heavy atom. The monoisotopic (exact) mass is 413 g/mol. The summed E-state index contributed by atoms with van der Waals surface area (Å²) in [6.07, 6.45) is -1.60. The van der Waals surface area contributed by atoms with Gasteiger partial charge in [0.25, 0.3) is 10.1 Å². The van der Waals surface area contributed by atoms with Crippen molar-refractivity contribution in [3.8, 4) is 0 Å². The third kappa shape index (κ3) is 5.68. The van der Waals surface area contributed by atoms with Crippen LogP contribution in [0.25, 0.3) is 0 Å². The smallest absolute Gasteiger partial charge is 0.411 e. The standard InChI is InChI=1S/C19H27NO7S/c1-6-25-17(21)16-11-14(12-20(16)18(22)26-19(3,4)5)27-28(23,24)15-9-7-13(2)8-10-15/h7-10,14,16H,6,11-12H2,1-5H3/t14-,16-/m0/s1. The molecule has 1 fully saturated rings. The van der Waals surface area contributed by atoms with Gasteiger partial charge in [0.1, 0.15) is 11.6 Å². The summed E-state index contributed by atoms with van der Waals surface area (Å²) in [6.45, 7) is 8.66. The molecule has 0 radical (unpaired) electrons. The summed E-state index contributed by atoms with van der Waals surface area (Å²) >= 11 is 0. The third-order valence-corrected chi connectivity index (χ3v) is 5.40. The molecule has 28 heavy (non-hydrogen) atoms. The average molecular weight is 413 g/mol. The van der Waals surface area contributed by atoms with E-state index in [1.807, 2.05) is 6.92 Å². The lowest BCUT2D eigenvalue weighted by Gasteiger charge is -2.27. The molecule has 0 saturated carbocycles. The van der Waals surface area contributed by atoms with Gasteiger partial charge in [-0.15, -0.1) is 0 Å². The summed E-state index contributed by atoms with van der Waals surface area (Å²) in [4.78, 5) is 25.9. The van der Waals surface area contributed by atoms with Gasteiger partial charge in [-0.3, -0.25) is 9.08 Å². The zero-order valence-electron chi connectivity index (χ0n) is 16.8. The molecule has 0 bridgehead atoms. The number of likely N-dealkylation sites (tertiary alicyclic amines) is 1. The Hall–Kier alpha value is -2.13. The van der Waals surface area contributed by atoms with Gasteiger partial charge in [-0.25, -0.2) is 9.59 Å². The van der Waals surface area contributed by atoms with Crippen molar-refractivity contribution in [2.75, 3.05) is 13.2 Å². The van der Waals surface area contributed by atoms with Crippen LogP contribution in [0.1, 0.15) is 39.7 Å². The fraction of sp³-hybridized carbons (Fsp3) is 0.579. The van der Waals surface area contributed by atoms with Gasteiger partial charge in [-0.2, -0.15) is 8.42 Å². The van der Waals surface area contributed by atoms with E-state index in [1.54, 1.807) is 39.8 Å². The van der Waals surface area contributed by atoms with Gasteiger partial charge in [0, 0.05) is 6.42 Å². The Morgan fingerprint density at radius 3 is 2.32 bits per heavy atom. The first kappa shape index (κ1) is 22.2. The van der Waals surface area contributed by atoms with E-state index in [2.05, 4.69) is 0 Å². The van der Waals surface area contributed by atoms with Gasteiger partial charge < -0.3 is 9.47 Å². The van der Waals surface area contributed by atoms with Crippen molar-refractivity contribution in [1.29, 1.82) is 0 Å². The number of hydrogen-bond acceptors (Lipinski definition) is 7. The number of amides is 1. The van der Waals surface area contributed by atoms with Crippen LogP contribution in [0.15, 0.2) is 29.2 Å². The molecule has 0 unspecified atom stereocenters. The molecule has 1 saturated heterocycles. The highest BCUT2D eigenvalue weighted by atomic mass is 32.2. The predicted molar refractivity (Wildman–Crippen MR) is 101 cm³/mol. The van der Waals surface area contributed by atoms with Crippen LogP contribution in [-0.2, 0) is 28.6 Å². The maximum atomic E-state index is 12.5. The summed E-state index contributed by atoms with van der Waals surface area (Å²) in [5, 5.41) is 0. The minimum atomic E-state index is -4.04. The molecule has 8 nitrogen and oxygen atoms in total. The van der Waals surface area contributed by atoms with E-state index in [0.717, 1.165) is 5.56 Å². The van der Waals surface area contributed by atoms with Gasteiger partial charge in [-0.1, -0.05) is 17.7 Å². The lowest BCUT2D eigenvalue weighted by molar-refractivity contribution is -0.148. The molecule has 1 aromatic rings. The van der Waals surface area contributed by atoms with Crippen LogP contribution < -0.4 is 0 Å². The van der Waals surface area contributed by atoms with Crippen LogP contribution in [0.5, 0.6) is 0 Å². The Kier molecular flexibility index (Phi) is 6.71. The second-order valence-corrected chi connectivity index (χ2v) is 9.19. The first-order valence-corrected chi connectivity index (χ1v) is 10.5. The van der Waals surface area contributed by atoms with Gasteiger partial charge in [0.15, 0.2) is 0 Å². The van der Waals surface area contributed by atoms with Crippen molar-refractivity contribution in [2.45, 2.75) is 63.7 Å². The molecule has 0 N–H and O–H groups in total.